The summed E-state index contributed by atoms with van der Waals surface area (Å²) in [5, 5.41) is 10.4. The third-order valence-corrected chi connectivity index (χ3v) is 2.67. The minimum absolute atomic E-state index is 0.232. The number of nitrogens with two attached hydrogens (primary N) is 1. The van der Waals surface area contributed by atoms with E-state index in [-0.39, 0.29) is 5.91 Å². The van der Waals surface area contributed by atoms with E-state index in [1.165, 1.54) is 5.56 Å². The molecule has 0 aliphatic carbocycles. The zero-order valence-electron chi connectivity index (χ0n) is 10.8. The Hall–Kier alpha value is -2.21. The highest BCUT2D eigenvalue weighted by Crippen LogP contribution is 2.03. The molecule has 0 bridgehead atoms. The summed E-state index contributed by atoms with van der Waals surface area (Å²) in [6.45, 7) is 3.51. The average molecular weight is 259 g/mol. The Bertz CT molecular complexity index is 564. The van der Waals surface area contributed by atoms with Crippen LogP contribution in [0.15, 0.2) is 30.5 Å². The lowest BCUT2D eigenvalue weighted by Gasteiger charge is -2.03. The van der Waals surface area contributed by atoms with Gasteiger partial charge in [0.1, 0.15) is 0 Å². The van der Waals surface area contributed by atoms with Crippen LogP contribution in [-0.4, -0.2) is 27.4 Å². The SMILES string of the molecule is Cc1cccc(CNC(=O)c2cn(CCN)nn2)c1. The first-order valence-electron chi connectivity index (χ1n) is 6.13. The smallest absolute Gasteiger partial charge is 0.273 e. The molecule has 0 aliphatic heterocycles. The normalized spacial score (nSPS) is 10.4. The third-order valence-electron chi connectivity index (χ3n) is 2.67. The molecule has 6 nitrogen and oxygen atoms in total. The molecule has 0 saturated carbocycles. The Morgan fingerprint density at radius 2 is 2.32 bits per heavy atom. The zero-order valence-corrected chi connectivity index (χ0v) is 10.8. The Morgan fingerprint density at radius 1 is 1.47 bits per heavy atom. The first-order chi connectivity index (χ1) is 9.19. The van der Waals surface area contributed by atoms with Gasteiger partial charge in [0.15, 0.2) is 5.69 Å². The maximum atomic E-state index is 11.9. The van der Waals surface area contributed by atoms with E-state index in [9.17, 15) is 4.79 Å². The van der Waals surface area contributed by atoms with E-state index in [4.69, 9.17) is 5.73 Å². The van der Waals surface area contributed by atoms with Crippen molar-refractivity contribution in [3.8, 4) is 0 Å². The van der Waals surface area contributed by atoms with Crippen molar-refractivity contribution >= 4 is 5.91 Å². The van der Waals surface area contributed by atoms with E-state index in [0.717, 1.165) is 5.56 Å². The Labute approximate surface area is 111 Å². The standard InChI is InChI=1S/C13H17N5O/c1-10-3-2-4-11(7-10)8-15-13(19)12-9-18(6-5-14)17-16-12/h2-4,7,9H,5-6,8,14H2,1H3,(H,15,19). The van der Waals surface area contributed by atoms with Gasteiger partial charge in [0.2, 0.25) is 0 Å². The van der Waals surface area contributed by atoms with E-state index >= 15 is 0 Å². The van der Waals surface area contributed by atoms with Gasteiger partial charge < -0.3 is 11.1 Å². The summed E-state index contributed by atoms with van der Waals surface area (Å²) in [6.07, 6.45) is 1.60. The van der Waals surface area contributed by atoms with E-state index in [0.29, 0.717) is 25.3 Å². The summed E-state index contributed by atoms with van der Waals surface area (Å²) in [7, 11) is 0. The number of carbonyl (C=O) groups is 1. The Morgan fingerprint density at radius 3 is 3.05 bits per heavy atom. The van der Waals surface area contributed by atoms with Gasteiger partial charge in [-0.3, -0.25) is 9.48 Å². The first kappa shape index (κ1) is 13.2. The molecule has 2 rings (SSSR count). The topological polar surface area (TPSA) is 85.8 Å². The van der Waals surface area contributed by atoms with Crippen LogP contribution in [0.4, 0.5) is 0 Å². The average Bonchev–Trinajstić information content (AvgIpc) is 2.85. The van der Waals surface area contributed by atoms with Crippen molar-refractivity contribution in [3.05, 3.63) is 47.3 Å². The fraction of sp³-hybridized carbons (Fsp3) is 0.308. The monoisotopic (exact) mass is 259 g/mol. The van der Waals surface area contributed by atoms with Crippen molar-refractivity contribution in [2.24, 2.45) is 5.73 Å². The number of aryl methyl sites for hydroxylation is 1. The van der Waals surface area contributed by atoms with Gasteiger partial charge >= 0.3 is 0 Å². The minimum atomic E-state index is -0.232. The fourth-order valence-electron chi connectivity index (χ4n) is 1.74. The number of rotatable bonds is 5. The molecular formula is C13H17N5O. The predicted molar refractivity (Wildman–Crippen MR) is 71.4 cm³/mol. The summed E-state index contributed by atoms with van der Waals surface area (Å²) in [5.41, 5.74) is 7.94. The predicted octanol–water partition coefficient (Wildman–Crippen LogP) is 0.475. The largest absolute Gasteiger partial charge is 0.347 e. The molecule has 0 aliphatic rings. The molecule has 1 heterocycles. The van der Waals surface area contributed by atoms with E-state index < -0.39 is 0 Å². The van der Waals surface area contributed by atoms with Gasteiger partial charge in [-0.15, -0.1) is 5.10 Å². The van der Waals surface area contributed by atoms with Crippen molar-refractivity contribution in [1.29, 1.82) is 0 Å². The van der Waals surface area contributed by atoms with Gasteiger partial charge in [-0.05, 0) is 12.5 Å². The molecule has 100 valence electrons. The van der Waals surface area contributed by atoms with Crippen LogP contribution in [0.1, 0.15) is 21.6 Å². The molecule has 1 aromatic carbocycles. The lowest BCUT2D eigenvalue weighted by molar-refractivity contribution is 0.0946. The van der Waals surface area contributed by atoms with Crippen LogP contribution in [0.5, 0.6) is 0 Å². The van der Waals surface area contributed by atoms with Crippen molar-refractivity contribution < 1.29 is 4.79 Å². The molecule has 2 aromatic rings. The molecule has 1 aromatic heterocycles. The Kier molecular flexibility index (Phi) is 4.25. The molecule has 0 radical (unpaired) electrons. The lowest BCUT2D eigenvalue weighted by atomic mass is 10.1. The van der Waals surface area contributed by atoms with Gasteiger partial charge in [-0.25, -0.2) is 0 Å². The number of amides is 1. The highest BCUT2D eigenvalue weighted by atomic mass is 16.2. The van der Waals surface area contributed by atoms with Crippen molar-refractivity contribution in [3.63, 3.8) is 0 Å². The highest BCUT2D eigenvalue weighted by Gasteiger charge is 2.09. The summed E-state index contributed by atoms with van der Waals surface area (Å²) >= 11 is 0. The lowest BCUT2D eigenvalue weighted by Crippen LogP contribution is -2.23. The number of aromatic nitrogens is 3. The molecule has 1 amide bonds. The second-order valence-electron chi connectivity index (χ2n) is 4.33. The van der Waals surface area contributed by atoms with Gasteiger partial charge in [0.05, 0.1) is 12.7 Å². The van der Waals surface area contributed by atoms with Crippen LogP contribution in [0.3, 0.4) is 0 Å². The first-order valence-corrected chi connectivity index (χ1v) is 6.13. The number of nitrogens with zero attached hydrogens (tertiary/aromatic N) is 3. The number of benzene rings is 1. The molecule has 6 heteroatoms. The van der Waals surface area contributed by atoms with Gasteiger partial charge in [0.25, 0.3) is 5.91 Å². The highest BCUT2D eigenvalue weighted by molar-refractivity contribution is 5.91. The summed E-state index contributed by atoms with van der Waals surface area (Å²) in [6, 6.07) is 7.99. The molecule has 0 atom stereocenters. The van der Waals surface area contributed by atoms with E-state index in [1.807, 2.05) is 31.2 Å². The van der Waals surface area contributed by atoms with E-state index in [2.05, 4.69) is 15.6 Å². The quantitative estimate of drug-likeness (QED) is 0.817. The zero-order chi connectivity index (χ0) is 13.7. The molecular weight excluding hydrogens is 242 g/mol. The van der Waals surface area contributed by atoms with Crippen molar-refractivity contribution in [1.82, 2.24) is 20.3 Å². The van der Waals surface area contributed by atoms with Gasteiger partial charge in [-0.1, -0.05) is 35.0 Å². The Balaban J connectivity index is 1.93. The second-order valence-corrected chi connectivity index (χ2v) is 4.33. The van der Waals surface area contributed by atoms with Crippen LogP contribution in [-0.2, 0) is 13.1 Å². The molecule has 0 fully saturated rings. The summed E-state index contributed by atoms with van der Waals surface area (Å²) in [5.74, 6) is -0.232. The summed E-state index contributed by atoms with van der Waals surface area (Å²) < 4.78 is 1.56. The maximum Gasteiger partial charge on any atom is 0.273 e. The molecule has 0 spiro atoms. The number of hydrogen-bond acceptors (Lipinski definition) is 4. The second kappa shape index (κ2) is 6.10. The third kappa shape index (κ3) is 3.62. The molecule has 0 saturated heterocycles. The fourth-order valence-corrected chi connectivity index (χ4v) is 1.74. The van der Waals surface area contributed by atoms with Crippen molar-refractivity contribution in [2.75, 3.05) is 6.54 Å². The van der Waals surface area contributed by atoms with Crippen LogP contribution >= 0.6 is 0 Å². The maximum absolute atomic E-state index is 11.9. The van der Waals surface area contributed by atoms with Crippen molar-refractivity contribution in [2.45, 2.75) is 20.0 Å². The van der Waals surface area contributed by atoms with Crippen LogP contribution in [0.25, 0.3) is 0 Å². The van der Waals surface area contributed by atoms with Gasteiger partial charge in [0, 0.05) is 13.1 Å². The molecule has 0 unspecified atom stereocenters. The van der Waals surface area contributed by atoms with Crippen LogP contribution < -0.4 is 11.1 Å². The summed E-state index contributed by atoms with van der Waals surface area (Å²) in [4.78, 5) is 11.9. The van der Waals surface area contributed by atoms with Crippen LogP contribution in [0, 0.1) is 6.92 Å². The van der Waals surface area contributed by atoms with Crippen LogP contribution in [0.2, 0.25) is 0 Å². The van der Waals surface area contributed by atoms with E-state index in [1.54, 1.807) is 10.9 Å². The number of carbonyl (C=O) groups excluding carboxylic acids is 1. The molecule has 3 N–H and O–H groups in total. The number of nitrogens with one attached hydrogen (secondary N) is 1. The number of hydrogen-bond donors (Lipinski definition) is 2. The van der Waals surface area contributed by atoms with Gasteiger partial charge in [-0.2, -0.15) is 0 Å². The minimum Gasteiger partial charge on any atom is -0.347 e. The molecule has 19 heavy (non-hydrogen) atoms.